The van der Waals surface area contributed by atoms with Crippen LogP contribution in [0.1, 0.15) is 212 Å². The first kappa shape index (κ1) is 104. The molecule has 4 fully saturated rings. The molecule has 32 heteroatoms. The van der Waals surface area contributed by atoms with Crippen LogP contribution in [0, 0.1) is 80.6 Å². The highest BCUT2D eigenvalue weighted by Crippen LogP contribution is 2.36. The number of thioether (sulfide) groups is 1. The van der Waals surface area contributed by atoms with Crippen molar-refractivity contribution in [2.45, 2.75) is 161 Å². The van der Waals surface area contributed by atoms with Crippen molar-refractivity contribution in [3.8, 4) is 47.4 Å². The fraction of sp³-hybridized carbons (Fsp3) is 0.346. The molecule has 2 saturated heterocycles. The van der Waals surface area contributed by atoms with Crippen LogP contribution < -0.4 is 10.6 Å². The van der Waals surface area contributed by atoms with Gasteiger partial charge in [-0.15, -0.1) is 5.06 Å². The number of hydroxylamine groups is 4. The van der Waals surface area contributed by atoms with Gasteiger partial charge in [0, 0.05) is 148 Å². The molecule has 6 unspecified atom stereocenters. The fourth-order valence-corrected chi connectivity index (χ4v) is 16.4. The van der Waals surface area contributed by atoms with E-state index in [9.17, 15) is 57.5 Å². The maximum atomic E-state index is 12.7. The van der Waals surface area contributed by atoms with E-state index in [2.05, 4.69) is 93.8 Å². The lowest BCUT2D eigenvalue weighted by atomic mass is 9.82. The number of ether oxygens (including phenoxy) is 8. The van der Waals surface area contributed by atoms with E-state index in [-0.39, 0.29) is 113 Å². The molecule has 6 atom stereocenters. The molecule has 2 aliphatic heterocycles. The Labute approximate surface area is 804 Å². The zero-order chi connectivity index (χ0) is 96.1. The van der Waals surface area contributed by atoms with Gasteiger partial charge < -0.3 is 58.5 Å². The van der Waals surface area contributed by atoms with E-state index in [0.29, 0.717) is 93.3 Å². The molecule has 8 aliphatic rings. The number of fused-ring (bicyclic) bond motifs is 8. The molecule has 0 radical (unpaired) electrons. The molecule has 706 valence electrons. The van der Waals surface area contributed by atoms with Crippen molar-refractivity contribution >= 4 is 107 Å². The van der Waals surface area contributed by atoms with Crippen molar-refractivity contribution < 1.29 is 110 Å². The first-order chi connectivity index (χ1) is 65.5. The topological polar surface area (TPSA) is 396 Å². The van der Waals surface area contributed by atoms with E-state index in [1.54, 1.807) is 6.26 Å². The number of carboxylic acid groups (broad SMARTS) is 1. The van der Waals surface area contributed by atoms with Gasteiger partial charge in [-0.3, -0.25) is 43.2 Å². The molecule has 29 nitrogen and oxygen atoms in total. The van der Waals surface area contributed by atoms with Crippen LogP contribution in [0.2, 0.25) is 0 Å². The molecule has 0 aromatic heterocycles. The van der Waals surface area contributed by atoms with Gasteiger partial charge in [-0.25, -0.2) is 28.7 Å². The number of nitrogens with one attached hydrogen (secondary N) is 4. The van der Waals surface area contributed by atoms with Gasteiger partial charge in [-0.1, -0.05) is 205 Å². The predicted octanol–water partition coefficient (Wildman–Crippen LogP) is 15.1. The number of carboxylic acids is 1. The first-order valence-electron chi connectivity index (χ1n) is 43.9. The van der Waals surface area contributed by atoms with Gasteiger partial charge in [0.05, 0.1) is 36.3 Å². The number of esters is 2. The molecule has 6 aliphatic carbocycles. The van der Waals surface area contributed by atoms with Crippen LogP contribution in [0.4, 0.5) is 9.59 Å². The van der Waals surface area contributed by atoms with Gasteiger partial charge in [-0.2, -0.15) is 0 Å². The molecule has 8 aromatic carbocycles. The van der Waals surface area contributed by atoms with E-state index in [0.717, 1.165) is 114 Å². The molecule has 8 aromatic rings. The number of aliphatic carboxylic acids is 1. The van der Waals surface area contributed by atoms with E-state index in [4.69, 9.17) is 57.4 Å². The van der Waals surface area contributed by atoms with Gasteiger partial charge >= 0.3 is 35.3 Å². The minimum Gasteiger partial charge on any atom is -0.480 e. The SMILES string of the molecule is C.CC(OC(=O)ON1C(=O)CCC1=O)OC(=O)C1CCC(CNC(=O)COC2Cc3ccccc3C#Cc3ccccc32)CC1.CSC(=O)OC(C)OC(=O)C1CCC(CNC(=O)COC2Cc3ccccc3C#Cc3ccccc32)CC1.N=S.N=S.O=C(COC1Cc2ccccc2C#Cc2ccccc21)ON1C(=O)CCC1=O.O=C(O)COC1Cc2ccccc2C#Cc2ccccc21. The van der Waals surface area contributed by atoms with Gasteiger partial charge in [-0.05, 0) is 174 Å². The van der Waals surface area contributed by atoms with Gasteiger partial charge in [0.15, 0.2) is 0 Å². The predicted molar refractivity (Wildman–Crippen MR) is 503 cm³/mol. The third-order valence-electron chi connectivity index (χ3n) is 23.1. The highest BCUT2D eigenvalue weighted by atomic mass is 32.2. The summed E-state index contributed by atoms with van der Waals surface area (Å²) in [5, 5.41) is 15.2. The Morgan fingerprint density at radius 1 is 0.382 bits per heavy atom. The summed E-state index contributed by atoms with van der Waals surface area (Å²) in [6.07, 6.45) is 4.79. The molecule has 6 amide bonds. The van der Waals surface area contributed by atoms with E-state index in [1.807, 2.05) is 188 Å². The van der Waals surface area contributed by atoms with Crippen molar-refractivity contribution in [3.05, 3.63) is 283 Å². The van der Waals surface area contributed by atoms with Crippen LogP contribution >= 0.6 is 11.8 Å². The number of amides is 6. The van der Waals surface area contributed by atoms with Crippen molar-refractivity contribution in [1.82, 2.24) is 20.8 Å². The minimum atomic E-state index is -1.31. The average molecular weight is 1900 g/mol. The number of imide groups is 2. The zero-order valence-corrected chi connectivity index (χ0v) is 76.8. The smallest absolute Gasteiger partial charge is 0.480 e. The zero-order valence-electron chi connectivity index (χ0n) is 74.4. The Morgan fingerprint density at radius 3 is 0.971 bits per heavy atom. The molecule has 2 saturated carbocycles. The summed E-state index contributed by atoms with van der Waals surface area (Å²) in [4.78, 5) is 152. The Kier molecular flexibility index (Phi) is 40.8. The van der Waals surface area contributed by atoms with Crippen LogP contribution in [0.3, 0.4) is 0 Å². The number of nitrogens with zero attached hydrogens (tertiary/aromatic N) is 2. The third kappa shape index (κ3) is 30.5. The van der Waals surface area contributed by atoms with Crippen LogP contribution in [0.5, 0.6) is 0 Å². The second-order valence-electron chi connectivity index (χ2n) is 32.1. The molecule has 0 bridgehead atoms. The molecule has 2 heterocycles. The van der Waals surface area contributed by atoms with E-state index < -0.39 is 71.7 Å². The summed E-state index contributed by atoms with van der Waals surface area (Å²) >= 11 is 7.60. The van der Waals surface area contributed by atoms with E-state index in [1.165, 1.54) is 13.8 Å². The van der Waals surface area contributed by atoms with Crippen molar-refractivity contribution in [1.29, 1.82) is 9.56 Å². The highest BCUT2D eigenvalue weighted by molar-refractivity contribution is 8.12. The standard InChI is InChI=1S/C33H34N2O9.C30H33NO6S.C22H17NO5.C18H14O3.CH4.2HNS/c1-21(43-33(40)44-35-30(37)16-17-31(35)38)42-32(39)25-12-10-22(11-13-25)19-34-29(36)20-41-28-18-26-8-3-2-6-23(26)14-15-24-7-4-5-9-27(24)28;1-20(37-30(34)38-2)36-29(33)24-13-11-21(12-14-24)18-31-28(32)19-35-27-17-25-9-4-3-7-22(25)15-16-23-8-5-6-10-26(23)27;24-20-11-12-21(25)23(20)28-22(26)14-27-19-13-17-7-2-1-5-15(17)9-10-16-6-3-4-8-18(16)19;19-18(20)12-21-17-11-15-7-2-1-5-13(15)9-10-14-6-3-4-8-16(14)17;;2*1-2/h2-9,21-22,25,28H,10-13,16-20H2,1H3,(H,34,36);3-10,20-21,24,27H,11-14,17-19H2,1-2H3,(H,31,32);1-8,19H,11-14H2;1-8,17H,11-12H2,(H,19,20);1H4;2*1H. The summed E-state index contributed by atoms with van der Waals surface area (Å²) in [6.45, 7) is 3.08. The molecule has 5 N–H and O–H groups in total. The third-order valence-corrected chi connectivity index (χ3v) is 23.5. The number of hydrogen-bond donors (Lipinski definition) is 5. The maximum absolute atomic E-state index is 12.7. The number of hydrogen-bond acceptors (Lipinski definition) is 27. The maximum Gasteiger partial charge on any atom is 0.537 e. The quantitative estimate of drug-likeness (QED) is 0.0162. The Hall–Kier alpha value is -13.9. The van der Waals surface area contributed by atoms with E-state index >= 15 is 0 Å². The highest BCUT2D eigenvalue weighted by Gasteiger charge is 2.38. The summed E-state index contributed by atoms with van der Waals surface area (Å²) in [5.74, 6) is 20.3. The monoisotopic (exact) mass is 1900 g/mol. The Morgan fingerprint density at radius 2 is 0.654 bits per heavy atom. The summed E-state index contributed by atoms with van der Waals surface area (Å²) in [7, 11) is 0. The van der Waals surface area contributed by atoms with Crippen molar-refractivity contribution in [2.24, 2.45) is 23.7 Å². The minimum absolute atomic E-state index is 0. The molecular weight excluding hydrogens is 1800 g/mol. The summed E-state index contributed by atoms with van der Waals surface area (Å²) in [5.41, 5.74) is 15.4. The lowest BCUT2D eigenvalue weighted by Crippen LogP contribution is -2.36. The Bertz CT molecular complexity index is 5870. The van der Waals surface area contributed by atoms with Crippen LogP contribution in [0.25, 0.3) is 0 Å². The first-order valence-corrected chi connectivity index (χ1v) is 45.9. The lowest BCUT2D eigenvalue weighted by molar-refractivity contribution is -0.201. The number of rotatable bonds is 24. The number of carbonyl (C=O) groups excluding carboxylic acids is 11. The molecular formula is C104H104N6O23S3. The van der Waals surface area contributed by atoms with Crippen molar-refractivity contribution in [2.75, 3.05) is 45.8 Å². The van der Waals surface area contributed by atoms with Gasteiger partial charge in [0.1, 0.15) is 26.4 Å². The van der Waals surface area contributed by atoms with Gasteiger partial charge in [0.2, 0.25) is 24.4 Å². The fourth-order valence-electron chi connectivity index (χ4n) is 16.2. The number of carbonyl (C=O) groups is 12. The second kappa shape index (κ2) is 53.2. The average Bonchev–Trinajstić information content (AvgIpc) is 1.13. The largest absolute Gasteiger partial charge is 0.537 e. The van der Waals surface area contributed by atoms with Gasteiger partial charge in [0.25, 0.3) is 23.6 Å². The van der Waals surface area contributed by atoms with Crippen LogP contribution in [-0.2, 0) is 146 Å². The van der Waals surface area contributed by atoms with Crippen LogP contribution in [0.15, 0.2) is 194 Å². The second-order valence-corrected chi connectivity index (χ2v) is 32.8. The summed E-state index contributed by atoms with van der Waals surface area (Å²) < 4.78 is 54.7. The number of benzene rings is 8. The Balaban J connectivity index is 0.000000190. The molecule has 136 heavy (non-hydrogen) atoms. The lowest BCUT2D eigenvalue weighted by Gasteiger charge is -2.28. The van der Waals surface area contributed by atoms with Crippen molar-refractivity contribution in [3.63, 3.8) is 0 Å². The normalized spacial score (nSPS) is 18.8. The molecule has 16 rings (SSSR count). The summed E-state index contributed by atoms with van der Waals surface area (Å²) in [6, 6.07) is 62.8. The van der Waals surface area contributed by atoms with Crippen LogP contribution in [-0.4, -0.2) is 144 Å². The molecule has 0 spiro atoms.